The van der Waals surface area contributed by atoms with Gasteiger partial charge in [0.1, 0.15) is 11.6 Å². The van der Waals surface area contributed by atoms with Crippen LogP contribution in [0.15, 0.2) is 83.0 Å². The molecule has 0 fully saturated rings. The van der Waals surface area contributed by atoms with E-state index in [0.717, 1.165) is 28.0 Å². The quantitative estimate of drug-likeness (QED) is 0.344. The fraction of sp³-hybridized carbons (Fsp3) is 0.148. The molecule has 6 nitrogen and oxygen atoms in total. The van der Waals surface area contributed by atoms with Gasteiger partial charge in [0.05, 0.1) is 24.4 Å². The molecule has 0 spiro atoms. The molecule has 1 aliphatic heterocycles. The Morgan fingerprint density at radius 3 is 2.54 bits per heavy atom. The van der Waals surface area contributed by atoms with Gasteiger partial charge in [0.25, 0.3) is 5.89 Å². The predicted octanol–water partition coefficient (Wildman–Crippen LogP) is 6.06. The zero-order valence-electron chi connectivity index (χ0n) is 19.4. The molecule has 35 heavy (non-hydrogen) atoms. The minimum atomic E-state index is -0.381. The van der Waals surface area contributed by atoms with Gasteiger partial charge in [-0.3, -0.25) is 4.90 Å². The van der Waals surface area contributed by atoms with Gasteiger partial charge in [0, 0.05) is 11.3 Å². The Morgan fingerprint density at radius 1 is 1.03 bits per heavy atom. The standard InChI is InChI=1S/C27H23FN4O2S/c1-16-10-12-18(13-11-16)25-30-26(34-31-25)23-17(2)32(21-8-5-7-20(28)15-21)27(35)29-24(23)19-6-4-9-22(14-19)33-3/h4-15,24H,1-3H3,(H,29,35). The van der Waals surface area contributed by atoms with Gasteiger partial charge in [-0.1, -0.05) is 53.2 Å². The Balaban J connectivity index is 1.66. The topological polar surface area (TPSA) is 63.4 Å². The number of nitrogens with one attached hydrogen (secondary N) is 1. The third-order valence-electron chi connectivity index (χ3n) is 5.94. The highest BCUT2D eigenvalue weighted by Crippen LogP contribution is 2.40. The second-order valence-electron chi connectivity index (χ2n) is 8.26. The lowest BCUT2D eigenvalue weighted by Gasteiger charge is -2.37. The molecule has 1 aromatic heterocycles. The van der Waals surface area contributed by atoms with E-state index in [9.17, 15) is 4.39 Å². The van der Waals surface area contributed by atoms with E-state index < -0.39 is 0 Å². The summed E-state index contributed by atoms with van der Waals surface area (Å²) in [5.74, 6) is 1.19. The third-order valence-corrected chi connectivity index (χ3v) is 6.24. The Hall–Kier alpha value is -4.04. The number of allylic oxidation sites excluding steroid dienone is 1. The van der Waals surface area contributed by atoms with Crippen LogP contribution in [0.4, 0.5) is 10.1 Å². The average Bonchev–Trinajstić information content (AvgIpc) is 3.34. The van der Waals surface area contributed by atoms with Crippen molar-refractivity contribution < 1.29 is 13.7 Å². The number of ether oxygens (including phenoxy) is 1. The maximum absolute atomic E-state index is 14.1. The molecule has 1 N–H and O–H groups in total. The van der Waals surface area contributed by atoms with Crippen molar-refractivity contribution in [2.24, 2.45) is 0 Å². The molecule has 176 valence electrons. The summed E-state index contributed by atoms with van der Waals surface area (Å²) in [6.45, 7) is 3.94. The molecular formula is C27H23FN4O2S. The highest BCUT2D eigenvalue weighted by molar-refractivity contribution is 7.80. The fourth-order valence-corrected chi connectivity index (χ4v) is 4.53. The monoisotopic (exact) mass is 486 g/mol. The van der Waals surface area contributed by atoms with Gasteiger partial charge in [-0.2, -0.15) is 4.98 Å². The molecular weight excluding hydrogens is 463 g/mol. The number of hydrogen-bond acceptors (Lipinski definition) is 5. The van der Waals surface area contributed by atoms with Crippen molar-refractivity contribution in [3.8, 4) is 17.1 Å². The molecule has 0 bridgehead atoms. The minimum Gasteiger partial charge on any atom is -0.497 e. The maximum atomic E-state index is 14.1. The second kappa shape index (κ2) is 9.31. The van der Waals surface area contributed by atoms with Crippen LogP contribution in [0.5, 0.6) is 5.75 Å². The highest BCUT2D eigenvalue weighted by atomic mass is 32.1. The van der Waals surface area contributed by atoms with Crippen LogP contribution in [0.3, 0.4) is 0 Å². The van der Waals surface area contributed by atoms with E-state index in [1.807, 2.05) is 62.4 Å². The van der Waals surface area contributed by atoms with Crippen LogP contribution in [-0.2, 0) is 0 Å². The molecule has 3 aromatic carbocycles. The van der Waals surface area contributed by atoms with Crippen molar-refractivity contribution in [1.82, 2.24) is 15.5 Å². The third kappa shape index (κ3) is 4.40. The van der Waals surface area contributed by atoms with Gasteiger partial charge in [-0.05, 0) is 62.0 Å². The van der Waals surface area contributed by atoms with Gasteiger partial charge in [-0.25, -0.2) is 4.39 Å². The summed E-state index contributed by atoms with van der Waals surface area (Å²) >= 11 is 5.72. The van der Waals surface area contributed by atoms with E-state index in [0.29, 0.717) is 28.3 Å². The first-order chi connectivity index (χ1) is 16.9. The summed E-state index contributed by atoms with van der Waals surface area (Å²) in [7, 11) is 1.62. The number of aromatic nitrogens is 2. The zero-order chi connectivity index (χ0) is 24.5. The van der Waals surface area contributed by atoms with Crippen LogP contribution in [-0.4, -0.2) is 22.4 Å². The summed E-state index contributed by atoms with van der Waals surface area (Å²) in [5.41, 5.74) is 5.00. The number of methoxy groups -OCH3 is 1. The number of rotatable bonds is 5. The second-order valence-corrected chi connectivity index (χ2v) is 8.65. The van der Waals surface area contributed by atoms with Gasteiger partial charge < -0.3 is 14.6 Å². The Kier molecular flexibility index (Phi) is 6.05. The molecule has 4 aromatic rings. The molecule has 8 heteroatoms. The molecule has 1 unspecified atom stereocenters. The summed E-state index contributed by atoms with van der Waals surface area (Å²) in [6, 6.07) is 21.5. The SMILES string of the molecule is COc1cccc(C2NC(=S)N(c3cccc(F)c3)C(C)=C2c2nc(-c3ccc(C)cc3)no2)c1. The first kappa shape index (κ1) is 22.7. The van der Waals surface area contributed by atoms with Crippen molar-refractivity contribution in [3.05, 3.63) is 101 Å². The molecule has 1 aliphatic rings. The molecule has 0 amide bonds. The molecule has 0 radical (unpaired) electrons. The van der Waals surface area contributed by atoms with Crippen LogP contribution in [0.2, 0.25) is 0 Å². The Morgan fingerprint density at radius 2 is 1.80 bits per heavy atom. The van der Waals surface area contributed by atoms with E-state index in [4.69, 9.17) is 26.5 Å². The van der Waals surface area contributed by atoms with Crippen molar-refractivity contribution in [2.45, 2.75) is 19.9 Å². The van der Waals surface area contributed by atoms with Crippen LogP contribution < -0.4 is 15.0 Å². The lowest BCUT2D eigenvalue weighted by Crippen LogP contribution is -2.46. The van der Waals surface area contributed by atoms with E-state index in [2.05, 4.69) is 10.5 Å². The number of thiocarbonyl (C=S) groups is 1. The van der Waals surface area contributed by atoms with Crippen LogP contribution in [0, 0.1) is 12.7 Å². The smallest absolute Gasteiger partial charge is 0.258 e. The van der Waals surface area contributed by atoms with E-state index in [1.54, 1.807) is 24.1 Å². The zero-order valence-corrected chi connectivity index (χ0v) is 20.3. The Bertz CT molecular complexity index is 1430. The number of hydrogen-bond donors (Lipinski definition) is 1. The van der Waals surface area contributed by atoms with E-state index in [1.165, 1.54) is 12.1 Å². The van der Waals surface area contributed by atoms with Crippen molar-refractivity contribution in [3.63, 3.8) is 0 Å². The summed E-state index contributed by atoms with van der Waals surface area (Å²) in [6.07, 6.45) is 0. The van der Waals surface area contributed by atoms with Crippen LogP contribution in [0.25, 0.3) is 17.0 Å². The van der Waals surface area contributed by atoms with Gasteiger partial charge in [0.15, 0.2) is 5.11 Å². The minimum absolute atomic E-state index is 0.349. The fourth-order valence-electron chi connectivity index (χ4n) is 4.17. The number of nitrogens with zero attached hydrogens (tertiary/aromatic N) is 3. The first-order valence-electron chi connectivity index (χ1n) is 11.1. The average molecular weight is 487 g/mol. The predicted molar refractivity (Wildman–Crippen MR) is 137 cm³/mol. The van der Waals surface area contributed by atoms with Crippen LogP contribution in [0.1, 0.15) is 30.0 Å². The summed E-state index contributed by atoms with van der Waals surface area (Å²) < 4.78 is 25.3. The highest BCUT2D eigenvalue weighted by Gasteiger charge is 2.35. The van der Waals surface area contributed by atoms with Gasteiger partial charge in [0.2, 0.25) is 5.82 Å². The largest absolute Gasteiger partial charge is 0.497 e. The van der Waals surface area contributed by atoms with Crippen molar-refractivity contribution >= 4 is 28.6 Å². The molecule has 0 saturated carbocycles. The summed E-state index contributed by atoms with van der Waals surface area (Å²) in [5, 5.41) is 8.05. The normalized spacial score (nSPS) is 15.8. The van der Waals surface area contributed by atoms with E-state index in [-0.39, 0.29) is 11.9 Å². The number of aryl methyl sites for hydroxylation is 1. The summed E-state index contributed by atoms with van der Waals surface area (Å²) in [4.78, 5) is 6.50. The van der Waals surface area contributed by atoms with Gasteiger partial charge in [-0.15, -0.1) is 0 Å². The van der Waals surface area contributed by atoms with Gasteiger partial charge >= 0.3 is 0 Å². The lowest BCUT2D eigenvalue weighted by atomic mass is 9.94. The lowest BCUT2D eigenvalue weighted by molar-refractivity contribution is 0.403. The Labute approximate surface area is 208 Å². The van der Waals surface area contributed by atoms with Crippen molar-refractivity contribution in [1.29, 1.82) is 0 Å². The molecule has 0 saturated heterocycles. The molecule has 5 rings (SSSR count). The first-order valence-corrected chi connectivity index (χ1v) is 11.5. The maximum Gasteiger partial charge on any atom is 0.258 e. The number of benzene rings is 3. The number of anilines is 1. The van der Waals surface area contributed by atoms with Crippen LogP contribution >= 0.6 is 12.2 Å². The van der Waals surface area contributed by atoms with E-state index >= 15 is 0 Å². The number of halogens is 1. The molecule has 2 heterocycles. The van der Waals surface area contributed by atoms with Crippen molar-refractivity contribution in [2.75, 3.05) is 12.0 Å². The molecule has 1 atom stereocenters. The molecule has 0 aliphatic carbocycles.